The van der Waals surface area contributed by atoms with E-state index in [1.165, 1.54) is 12.1 Å². The van der Waals surface area contributed by atoms with Crippen molar-refractivity contribution in [3.8, 4) is 5.75 Å². The van der Waals surface area contributed by atoms with E-state index >= 15 is 0 Å². The Morgan fingerprint density at radius 3 is 2.48 bits per heavy atom. The highest BCUT2D eigenvalue weighted by molar-refractivity contribution is 5.76. The molecule has 0 amide bonds. The summed E-state index contributed by atoms with van der Waals surface area (Å²) in [6.45, 7) is 4.58. The molecule has 0 aliphatic heterocycles. The highest BCUT2D eigenvalue weighted by Gasteiger charge is 2.21. The lowest BCUT2D eigenvalue weighted by Gasteiger charge is -2.15. The highest BCUT2D eigenvalue weighted by atomic mass is 19.1. The predicted octanol–water partition coefficient (Wildman–Crippen LogP) is 4.33. The molecule has 0 radical (unpaired) electrons. The van der Waals surface area contributed by atoms with E-state index in [1.807, 2.05) is 26.0 Å². The summed E-state index contributed by atoms with van der Waals surface area (Å²) in [4.78, 5) is 11.6. The van der Waals surface area contributed by atoms with Crippen LogP contribution in [0.25, 0.3) is 0 Å². The molecule has 0 aromatic heterocycles. The maximum Gasteiger partial charge on any atom is 0.311 e. The van der Waals surface area contributed by atoms with Crippen molar-refractivity contribution in [2.24, 2.45) is 0 Å². The Hall–Kier alpha value is -2.36. The van der Waals surface area contributed by atoms with Gasteiger partial charge in [-0.1, -0.05) is 31.2 Å². The molecule has 1 unspecified atom stereocenters. The van der Waals surface area contributed by atoms with E-state index in [1.54, 1.807) is 18.2 Å². The summed E-state index contributed by atoms with van der Waals surface area (Å²) in [5, 5.41) is 9.54. The Kier molecular flexibility index (Phi) is 5.74. The predicted molar refractivity (Wildman–Crippen MR) is 87.4 cm³/mol. The number of rotatable bonds is 7. The number of hydrogen-bond acceptors (Lipinski definition) is 2. The normalized spacial score (nSPS) is 12.0. The second-order valence-electron chi connectivity index (χ2n) is 5.59. The summed E-state index contributed by atoms with van der Waals surface area (Å²) in [6.07, 6.45) is 1.24. The zero-order valence-corrected chi connectivity index (χ0v) is 13.4. The molecule has 0 fully saturated rings. The lowest BCUT2D eigenvalue weighted by molar-refractivity contribution is -0.138. The summed E-state index contributed by atoms with van der Waals surface area (Å²) < 4.78 is 18.6. The molecule has 0 bridgehead atoms. The third-order valence-electron chi connectivity index (χ3n) is 3.71. The number of hydrogen-bond donors (Lipinski definition) is 1. The number of aryl methyl sites for hydroxylation is 1. The molecule has 4 heteroatoms. The third-order valence-corrected chi connectivity index (χ3v) is 3.71. The summed E-state index contributed by atoms with van der Waals surface area (Å²) in [6, 6.07) is 11.4. The fourth-order valence-corrected chi connectivity index (χ4v) is 2.47. The van der Waals surface area contributed by atoms with Gasteiger partial charge < -0.3 is 9.84 Å². The minimum atomic E-state index is -0.893. The monoisotopic (exact) mass is 316 g/mol. The van der Waals surface area contributed by atoms with Crippen molar-refractivity contribution in [1.29, 1.82) is 0 Å². The maximum absolute atomic E-state index is 13.0. The fourth-order valence-electron chi connectivity index (χ4n) is 2.47. The van der Waals surface area contributed by atoms with E-state index in [0.29, 0.717) is 13.0 Å². The van der Waals surface area contributed by atoms with Gasteiger partial charge in [0.1, 0.15) is 11.6 Å². The topological polar surface area (TPSA) is 46.5 Å². The average Bonchev–Trinajstić information content (AvgIpc) is 2.53. The minimum Gasteiger partial charge on any atom is -0.493 e. The van der Waals surface area contributed by atoms with Crippen LogP contribution in [0.3, 0.4) is 0 Å². The van der Waals surface area contributed by atoms with Crippen LogP contribution in [0, 0.1) is 12.7 Å². The highest BCUT2D eigenvalue weighted by Crippen LogP contribution is 2.27. The van der Waals surface area contributed by atoms with Gasteiger partial charge in [-0.3, -0.25) is 4.79 Å². The molecule has 2 aromatic carbocycles. The molecular formula is C19H21FO3. The zero-order chi connectivity index (χ0) is 16.8. The molecule has 2 rings (SSSR count). The fraction of sp³-hybridized carbons (Fsp3) is 0.316. The Morgan fingerprint density at radius 1 is 1.22 bits per heavy atom. The quantitative estimate of drug-likeness (QED) is 0.827. The van der Waals surface area contributed by atoms with Crippen molar-refractivity contribution in [2.45, 2.75) is 32.6 Å². The number of ether oxygens (including phenoxy) is 1. The van der Waals surface area contributed by atoms with Crippen molar-refractivity contribution >= 4 is 5.97 Å². The van der Waals surface area contributed by atoms with Crippen LogP contribution in [0.2, 0.25) is 0 Å². The first kappa shape index (κ1) is 17.0. The lowest BCUT2D eigenvalue weighted by atomic mass is 9.91. The molecule has 0 saturated carbocycles. The number of carbonyl (C=O) groups is 1. The number of carboxylic acids is 1. The van der Waals surface area contributed by atoms with E-state index in [0.717, 1.165) is 28.9 Å². The van der Waals surface area contributed by atoms with Gasteiger partial charge in [0.2, 0.25) is 0 Å². The molecule has 23 heavy (non-hydrogen) atoms. The van der Waals surface area contributed by atoms with Crippen LogP contribution in [0.4, 0.5) is 4.39 Å². The van der Waals surface area contributed by atoms with E-state index in [-0.39, 0.29) is 5.82 Å². The first-order valence-corrected chi connectivity index (χ1v) is 7.72. The molecule has 0 heterocycles. The Labute approximate surface area is 135 Å². The first-order chi connectivity index (χ1) is 11.0. The van der Waals surface area contributed by atoms with Crippen LogP contribution >= 0.6 is 0 Å². The number of carboxylic acid groups (broad SMARTS) is 1. The van der Waals surface area contributed by atoms with Crippen LogP contribution in [-0.2, 0) is 11.2 Å². The molecule has 3 nitrogen and oxygen atoms in total. The van der Waals surface area contributed by atoms with Gasteiger partial charge in [0.25, 0.3) is 0 Å². The maximum atomic E-state index is 13.0. The number of halogens is 1. The zero-order valence-electron chi connectivity index (χ0n) is 13.4. The second kappa shape index (κ2) is 7.77. The van der Waals surface area contributed by atoms with Crippen molar-refractivity contribution < 1.29 is 19.0 Å². The van der Waals surface area contributed by atoms with Crippen LogP contribution in [0.5, 0.6) is 5.75 Å². The van der Waals surface area contributed by atoms with Crippen LogP contribution < -0.4 is 4.74 Å². The van der Waals surface area contributed by atoms with E-state index < -0.39 is 11.9 Å². The minimum absolute atomic E-state index is 0.324. The summed E-state index contributed by atoms with van der Waals surface area (Å²) >= 11 is 0. The second-order valence-corrected chi connectivity index (χ2v) is 5.59. The standard InChI is InChI=1S/C19H21FO3/c1-3-10-23-18-9-6-15(11-13(18)2)17(19(21)22)12-14-4-7-16(20)8-5-14/h4-9,11,17H,3,10,12H2,1-2H3,(H,21,22). The van der Waals surface area contributed by atoms with E-state index in [2.05, 4.69) is 0 Å². The van der Waals surface area contributed by atoms with Gasteiger partial charge in [0.15, 0.2) is 0 Å². The summed E-state index contributed by atoms with van der Waals surface area (Å²) in [7, 11) is 0. The SMILES string of the molecule is CCCOc1ccc(C(Cc2ccc(F)cc2)C(=O)O)cc1C. The molecule has 0 aliphatic carbocycles. The van der Waals surface area contributed by atoms with E-state index in [4.69, 9.17) is 4.74 Å². The van der Waals surface area contributed by atoms with E-state index in [9.17, 15) is 14.3 Å². The van der Waals surface area contributed by atoms with Gasteiger partial charge >= 0.3 is 5.97 Å². The van der Waals surface area contributed by atoms with Crippen molar-refractivity contribution in [2.75, 3.05) is 6.61 Å². The van der Waals surface area contributed by atoms with Crippen LogP contribution in [-0.4, -0.2) is 17.7 Å². The Morgan fingerprint density at radius 2 is 1.91 bits per heavy atom. The van der Waals surface area contributed by atoms with Gasteiger partial charge in [-0.2, -0.15) is 0 Å². The third kappa shape index (κ3) is 4.55. The summed E-state index contributed by atoms with van der Waals surface area (Å²) in [5.41, 5.74) is 2.44. The van der Waals surface area contributed by atoms with Crippen LogP contribution in [0.1, 0.15) is 36.0 Å². The van der Waals surface area contributed by atoms with Gasteiger partial charge in [0, 0.05) is 0 Å². The van der Waals surface area contributed by atoms with Crippen molar-refractivity contribution in [1.82, 2.24) is 0 Å². The Bertz CT molecular complexity index is 665. The average molecular weight is 316 g/mol. The largest absolute Gasteiger partial charge is 0.493 e. The molecule has 1 atom stereocenters. The molecule has 0 aliphatic rings. The smallest absolute Gasteiger partial charge is 0.311 e. The van der Waals surface area contributed by atoms with Crippen molar-refractivity contribution in [3.05, 3.63) is 65.0 Å². The first-order valence-electron chi connectivity index (χ1n) is 7.72. The van der Waals surface area contributed by atoms with Crippen LogP contribution in [0.15, 0.2) is 42.5 Å². The lowest BCUT2D eigenvalue weighted by Crippen LogP contribution is -2.15. The molecule has 2 aromatic rings. The van der Waals surface area contributed by atoms with Gasteiger partial charge in [-0.25, -0.2) is 4.39 Å². The Balaban J connectivity index is 2.22. The van der Waals surface area contributed by atoms with Gasteiger partial charge in [-0.05, 0) is 54.7 Å². The molecule has 0 saturated heterocycles. The number of aliphatic carboxylic acids is 1. The molecule has 0 spiro atoms. The number of benzene rings is 2. The van der Waals surface area contributed by atoms with Crippen molar-refractivity contribution in [3.63, 3.8) is 0 Å². The molecular weight excluding hydrogens is 295 g/mol. The van der Waals surface area contributed by atoms with Gasteiger partial charge in [0.05, 0.1) is 12.5 Å². The molecule has 122 valence electrons. The molecule has 1 N–H and O–H groups in total. The van der Waals surface area contributed by atoms with Gasteiger partial charge in [-0.15, -0.1) is 0 Å². The summed E-state index contributed by atoms with van der Waals surface area (Å²) in [5.74, 6) is -1.11.